The number of hydrazine groups is 2. The maximum atomic E-state index is 3.25. The summed E-state index contributed by atoms with van der Waals surface area (Å²) in [5.41, 5.74) is 7.79. The molecule has 2 N–H and O–H groups in total. The maximum absolute atomic E-state index is 3.25. The molecule has 0 saturated heterocycles. The molecule has 0 fully saturated rings. The molecule has 0 amide bonds. The molecule has 94 valence electrons. The van der Waals surface area contributed by atoms with Crippen molar-refractivity contribution in [2.24, 2.45) is 0 Å². The predicted octanol–water partition coefficient (Wildman–Crippen LogP) is 3.31. The number of unbranched alkanes of at least 4 members (excludes halogenated alkanes) is 5. The minimum absolute atomic E-state index is 1.11. The van der Waals surface area contributed by atoms with Crippen molar-refractivity contribution in [1.82, 2.24) is 16.0 Å². The van der Waals surface area contributed by atoms with Gasteiger partial charge in [-0.2, -0.15) is 0 Å². The second kappa shape index (κ2) is 8.45. The van der Waals surface area contributed by atoms with Crippen LogP contribution in [0.3, 0.4) is 0 Å². The van der Waals surface area contributed by atoms with Crippen LogP contribution >= 0.6 is 0 Å². The lowest BCUT2D eigenvalue weighted by Crippen LogP contribution is -2.36. The molecule has 3 nitrogen and oxygen atoms in total. The molecule has 0 unspecified atom stereocenters. The van der Waals surface area contributed by atoms with E-state index in [9.17, 15) is 0 Å². The average Bonchev–Trinajstić information content (AvgIpc) is 2.73. The monoisotopic (exact) mass is 225 g/mol. The Balaban J connectivity index is 2.07. The molecule has 3 heteroatoms. The zero-order valence-corrected chi connectivity index (χ0v) is 10.9. The molecule has 16 heavy (non-hydrogen) atoms. The molecular formula is C13H27N3. The SMILES string of the molecule is CCCCCCC1=CN(CCCCC)NN1. The standard InChI is InChI=1S/C13H27N3/c1-3-5-7-8-10-13-12-16(15-14-13)11-9-6-4-2/h12,14-15H,3-11H2,1-2H3. The molecule has 0 aromatic heterocycles. The van der Waals surface area contributed by atoms with Gasteiger partial charge in [-0.15, -0.1) is 5.53 Å². The average molecular weight is 225 g/mol. The lowest BCUT2D eigenvalue weighted by molar-refractivity contribution is 0.264. The predicted molar refractivity (Wildman–Crippen MR) is 69.3 cm³/mol. The summed E-state index contributed by atoms with van der Waals surface area (Å²) in [5.74, 6) is 0. The van der Waals surface area contributed by atoms with Crippen LogP contribution in [-0.4, -0.2) is 11.6 Å². The first kappa shape index (κ1) is 13.4. The van der Waals surface area contributed by atoms with Crippen LogP contribution in [0.5, 0.6) is 0 Å². The molecule has 0 saturated carbocycles. The van der Waals surface area contributed by atoms with E-state index in [0.29, 0.717) is 0 Å². The second-order valence-electron chi connectivity index (χ2n) is 4.60. The first-order valence-electron chi connectivity index (χ1n) is 6.85. The molecule has 0 radical (unpaired) electrons. The number of nitrogens with zero attached hydrogens (tertiary/aromatic N) is 1. The molecule has 0 aliphatic carbocycles. The third-order valence-electron chi connectivity index (χ3n) is 2.97. The van der Waals surface area contributed by atoms with Gasteiger partial charge in [-0.3, -0.25) is 5.01 Å². The van der Waals surface area contributed by atoms with Crippen LogP contribution in [0.1, 0.15) is 65.2 Å². The van der Waals surface area contributed by atoms with Crippen molar-refractivity contribution in [3.8, 4) is 0 Å². The highest BCUT2D eigenvalue weighted by atomic mass is 15.7. The lowest BCUT2D eigenvalue weighted by Gasteiger charge is -2.14. The number of rotatable bonds is 9. The summed E-state index contributed by atoms with van der Waals surface area (Å²) in [6, 6.07) is 0. The Morgan fingerprint density at radius 2 is 1.75 bits per heavy atom. The normalized spacial score (nSPS) is 15.1. The van der Waals surface area contributed by atoms with Crippen LogP contribution in [0.2, 0.25) is 0 Å². The van der Waals surface area contributed by atoms with Crippen molar-refractivity contribution in [1.29, 1.82) is 0 Å². The fraction of sp³-hybridized carbons (Fsp3) is 0.846. The van der Waals surface area contributed by atoms with E-state index in [1.807, 2.05) is 0 Å². The van der Waals surface area contributed by atoms with Gasteiger partial charge in [0.2, 0.25) is 0 Å². The fourth-order valence-corrected chi connectivity index (χ4v) is 1.92. The highest BCUT2D eigenvalue weighted by Crippen LogP contribution is 2.11. The summed E-state index contributed by atoms with van der Waals surface area (Å²) < 4.78 is 0. The van der Waals surface area contributed by atoms with Crippen LogP contribution in [0.4, 0.5) is 0 Å². The zero-order valence-electron chi connectivity index (χ0n) is 10.9. The Morgan fingerprint density at radius 3 is 2.50 bits per heavy atom. The van der Waals surface area contributed by atoms with Gasteiger partial charge in [0.1, 0.15) is 0 Å². The Bertz CT molecular complexity index is 201. The van der Waals surface area contributed by atoms with Crippen molar-refractivity contribution in [2.75, 3.05) is 6.54 Å². The highest BCUT2D eigenvalue weighted by Gasteiger charge is 2.09. The Kier molecular flexibility index (Phi) is 7.06. The van der Waals surface area contributed by atoms with Gasteiger partial charge < -0.3 is 5.43 Å². The molecular weight excluding hydrogens is 198 g/mol. The second-order valence-corrected chi connectivity index (χ2v) is 4.60. The molecule has 0 spiro atoms. The summed E-state index contributed by atoms with van der Waals surface area (Å²) in [5, 5.41) is 2.17. The van der Waals surface area contributed by atoms with E-state index in [2.05, 4.69) is 36.0 Å². The van der Waals surface area contributed by atoms with Crippen LogP contribution in [0, 0.1) is 0 Å². The third kappa shape index (κ3) is 5.40. The smallest absolute Gasteiger partial charge is 0.0453 e. The number of nitrogens with one attached hydrogen (secondary N) is 2. The van der Waals surface area contributed by atoms with Crippen molar-refractivity contribution < 1.29 is 0 Å². The van der Waals surface area contributed by atoms with Gasteiger partial charge in [0.25, 0.3) is 0 Å². The molecule has 0 aromatic carbocycles. The van der Waals surface area contributed by atoms with E-state index in [1.54, 1.807) is 0 Å². The summed E-state index contributed by atoms with van der Waals surface area (Å²) in [6.07, 6.45) is 12.6. The van der Waals surface area contributed by atoms with E-state index in [4.69, 9.17) is 0 Å². The topological polar surface area (TPSA) is 27.3 Å². The van der Waals surface area contributed by atoms with Gasteiger partial charge >= 0.3 is 0 Å². The van der Waals surface area contributed by atoms with Crippen LogP contribution in [0.25, 0.3) is 0 Å². The van der Waals surface area contributed by atoms with Crippen molar-refractivity contribution >= 4 is 0 Å². The fourth-order valence-electron chi connectivity index (χ4n) is 1.92. The van der Waals surface area contributed by atoms with Crippen LogP contribution in [0.15, 0.2) is 11.9 Å². The third-order valence-corrected chi connectivity index (χ3v) is 2.97. The van der Waals surface area contributed by atoms with Gasteiger partial charge in [-0.05, 0) is 19.3 Å². The van der Waals surface area contributed by atoms with Gasteiger partial charge in [0.15, 0.2) is 0 Å². The molecule has 1 heterocycles. The van der Waals surface area contributed by atoms with Gasteiger partial charge in [0.05, 0.1) is 0 Å². The minimum atomic E-state index is 1.11. The minimum Gasteiger partial charge on any atom is -0.306 e. The van der Waals surface area contributed by atoms with Crippen LogP contribution < -0.4 is 11.0 Å². The molecule has 0 bridgehead atoms. The maximum Gasteiger partial charge on any atom is 0.0453 e. The van der Waals surface area contributed by atoms with Gasteiger partial charge in [-0.25, -0.2) is 0 Å². The molecule has 1 aliphatic rings. The summed E-state index contributed by atoms with van der Waals surface area (Å²) in [7, 11) is 0. The van der Waals surface area contributed by atoms with E-state index in [-0.39, 0.29) is 0 Å². The first-order valence-corrected chi connectivity index (χ1v) is 6.85. The first-order chi connectivity index (χ1) is 7.86. The van der Waals surface area contributed by atoms with Crippen molar-refractivity contribution in [3.63, 3.8) is 0 Å². The number of hydrogen-bond acceptors (Lipinski definition) is 3. The Hall–Kier alpha value is -0.700. The van der Waals surface area contributed by atoms with Gasteiger partial charge in [0, 0.05) is 18.4 Å². The number of allylic oxidation sites excluding steroid dienone is 1. The summed E-state index contributed by atoms with van der Waals surface area (Å²) >= 11 is 0. The van der Waals surface area contributed by atoms with E-state index >= 15 is 0 Å². The Labute approximate surface area is 100 Å². The zero-order chi connectivity index (χ0) is 11.6. The highest BCUT2D eigenvalue weighted by molar-refractivity contribution is 5.01. The Morgan fingerprint density at radius 1 is 1.00 bits per heavy atom. The van der Waals surface area contributed by atoms with Crippen molar-refractivity contribution in [3.05, 3.63) is 11.9 Å². The van der Waals surface area contributed by atoms with E-state index < -0.39 is 0 Å². The van der Waals surface area contributed by atoms with Crippen LogP contribution in [-0.2, 0) is 0 Å². The largest absolute Gasteiger partial charge is 0.306 e. The van der Waals surface area contributed by atoms with E-state index in [1.165, 1.54) is 57.1 Å². The molecule has 0 aromatic rings. The van der Waals surface area contributed by atoms with Gasteiger partial charge in [-0.1, -0.05) is 46.0 Å². The number of hydrogen-bond donors (Lipinski definition) is 2. The molecule has 1 aliphatic heterocycles. The van der Waals surface area contributed by atoms with E-state index in [0.717, 1.165) is 6.54 Å². The van der Waals surface area contributed by atoms with Crippen molar-refractivity contribution in [2.45, 2.75) is 65.2 Å². The molecule has 1 rings (SSSR count). The lowest BCUT2D eigenvalue weighted by atomic mass is 10.1. The molecule has 0 atom stereocenters. The summed E-state index contributed by atoms with van der Waals surface area (Å²) in [6.45, 7) is 5.61. The summed E-state index contributed by atoms with van der Waals surface area (Å²) in [4.78, 5) is 0. The quantitative estimate of drug-likeness (QED) is 0.589.